The Morgan fingerprint density at radius 1 is 1.27 bits per heavy atom. The summed E-state index contributed by atoms with van der Waals surface area (Å²) in [6.07, 6.45) is 2.54. The van der Waals surface area contributed by atoms with Crippen molar-refractivity contribution >= 4 is 5.91 Å². The van der Waals surface area contributed by atoms with Crippen molar-refractivity contribution in [3.8, 4) is 0 Å². The molecule has 1 aromatic carbocycles. The first-order valence-electron chi connectivity index (χ1n) is 7.73. The van der Waals surface area contributed by atoms with Gasteiger partial charge in [0.15, 0.2) is 5.76 Å². The van der Waals surface area contributed by atoms with Gasteiger partial charge in [0.2, 0.25) is 0 Å². The second-order valence-electron chi connectivity index (χ2n) is 5.75. The summed E-state index contributed by atoms with van der Waals surface area (Å²) in [6, 6.07) is 13.6. The first kappa shape index (κ1) is 14.9. The third-order valence-corrected chi connectivity index (χ3v) is 4.22. The molecule has 22 heavy (non-hydrogen) atoms. The molecule has 2 heterocycles. The van der Waals surface area contributed by atoms with E-state index in [0.29, 0.717) is 18.2 Å². The van der Waals surface area contributed by atoms with Crippen molar-refractivity contribution in [2.75, 3.05) is 19.8 Å². The molecule has 0 radical (unpaired) electrons. The third kappa shape index (κ3) is 3.22. The summed E-state index contributed by atoms with van der Waals surface area (Å²) in [5, 5.41) is 0. The van der Waals surface area contributed by atoms with E-state index in [1.165, 1.54) is 6.26 Å². The standard InChI is InChI=1S/C18H21NO3/c1-14(16-6-3-2-4-7-16)19(12-15-9-11-21-13-15)18(20)17-8-5-10-22-17/h2-8,10,14-15H,9,11-13H2,1H3. The Hall–Kier alpha value is -2.07. The van der Waals surface area contributed by atoms with Crippen molar-refractivity contribution in [2.24, 2.45) is 5.92 Å². The summed E-state index contributed by atoms with van der Waals surface area (Å²) in [5.41, 5.74) is 1.13. The molecule has 4 heteroatoms. The Morgan fingerprint density at radius 2 is 2.09 bits per heavy atom. The lowest BCUT2D eigenvalue weighted by molar-refractivity contribution is 0.0613. The SMILES string of the molecule is CC(c1ccccc1)N(CC1CCOC1)C(=O)c1ccco1. The monoisotopic (exact) mass is 299 g/mol. The molecule has 1 fully saturated rings. The Bertz CT molecular complexity index is 588. The molecule has 1 saturated heterocycles. The number of ether oxygens (including phenoxy) is 1. The molecule has 3 rings (SSSR count). The number of hydrogen-bond acceptors (Lipinski definition) is 3. The van der Waals surface area contributed by atoms with Crippen molar-refractivity contribution in [1.29, 1.82) is 0 Å². The van der Waals surface area contributed by atoms with Crippen molar-refractivity contribution in [1.82, 2.24) is 4.90 Å². The van der Waals surface area contributed by atoms with Crippen LogP contribution in [0.3, 0.4) is 0 Å². The molecular formula is C18H21NO3. The van der Waals surface area contributed by atoms with Crippen LogP contribution in [-0.2, 0) is 4.74 Å². The largest absolute Gasteiger partial charge is 0.459 e. The van der Waals surface area contributed by atoms with Crippen LogP contribution < -0.4 is 0 Å². The predicted octanol–water partition coefficient (Wildman–Crippen LogP) is 3.52. The van der Waals surface area contributed by atoms with Crippen LogP contribution in [0.25, 0.3) is 0 Å². The number of carbonyl (C=O) groups is 1. The van der Waals surface area contributed by atoms with Gasteiger partial charge < -0.3 is 14.1 Å². The molecule has 1 amide bonds. The van der Waals surface area contributed by atoms with Gasteiger partial charge in [-0.05, 0) is 31.0 Å². The number of furan rings is 1. The minimum Gasteiger partial charge on any atom is -0.459 e. The zero-order chi connectivity index (χ0) is 15.4. The first-order valence-corrected chi connectivity index (χ1v) is 7.73. The zero-order valence-electron chi connectivity index (χ0n) is 12.8. The molecule has 0 spiro atoms. The van der Waals surface area contributed by atoms with E-state index in [4.69, 9.17) is 9.15 Å². The van der Waals surface area contributed by atoms with E-state index in [1.54, 1.807) is 12.1 Å². The number of rotatable bonds is 5. The minimum atomic E-state index is -0.0618. The van der Waals surface area contributed by atoms with E-state index in [9.17, 15) is 4.79 Å². The van der Waals surface area contributed by atoms with E-state index < -0.39 is 0 Å². The Kier molecular flexibility index (Phi) is 4.59. The number of amides is 1. The topological polar surface area (TPSA) is 42.7 Å². The van der Waals surface area contributed by atoms with Gasteiger partial charge in [-0.2, -0.15) is 0 Å². The fraction of sp³-hybridized carbons (Fsp3) is 0.389. The third-order valence-electron chi connectivity index (χ3n) is 4.22. The zero-order valence-corrected chi connectivity index (χ0v) is 12.8. The molecule has 0 N–H and O–H groups in total. The molecule has 2 atom stereocenters. The van der Waals surface area contributed by atoms with Crippen LogP contribution in [0.15, 0.2) is 53.1 Å². The Morgan fingerprint density at radius 3 is 2.73 bits per heavy atom. The summed E-state index contributed by atoms with van der Waals surface area (Å²) in [6.45, 7) is 4.26. The lowest BCUT2D eigenvalue weighted by Crippen LogP contribution is -2.37. The highest BCUT2D eigenvalue weighted by molar-refractivity contribution is 5.91. The molecule has 1 aliphatic rings. The lowest BCUT2D eigenvalue weighted by Gasteiger charge is -2.31. The molecule has 1 aliphatic heterocycles. The van der Waals surface area contributed by atoms with Crippen LogP contribution in [0.4, 0.5) is 0 Å². The van der Waals surface area contributed by atoms with Gasteiger partial charge in [-0.25, -0.2) is 0 Å². The van der Waals surface area contributed by atoms with Gasteiger partial charge in [-0.3, -0.25) is 4.79 Å². The van der Waals surface area contributed by atoms with Crippen LogP contribution in [0.5, 0.6) is 0 Å². The maximum Gasteiger partial charge on any atom is 0.290 e. The van der Waals surface area contributed by atoms with Gasteiger partial charge in [-0.15, -0.1) is 0 Å². The van der Waals surface area contributed by atoms with Gasteiger partial charge >= 0.3 is 0 Å². The van der Waals surface area contributed by atoms with E-state index in [2.05, 4.69) is 19.1 Å². The predicted molar refractivity (Wildman–Crippen MR) is 83.5 cm³/mol. The minimum absolute atomic E-state index is 0.000556. The summed E-state index contributed by atoms with van der Waals surface area (Å²) in [7, 11) is 0. The van der Waals surface area contributed by atoms with E-state index in [1.807, 2.05) is 23.1 Å². The molecule has 2 aromatic rings. The smallest absolute Gasteiger partial charge is 0.290 e. The summed E-state index contributed by atoms with van der Waals surface area (Å²) >= 11 is 0. The fourth-order valence-corrected chi connectivity index (χ4v) is 2.88. The highest BCUT2D eigenvalue weighted by atomic mass is 16.5. The second kappa shape index (κ2) is 6.79. The molecule has 116 valence electrons. The van der Waals surface area contributed by atoms with Crippen LogP contribution in [0.2, 0.25) is 0 Å². The molecule has 2 unspecified atom stereocenters. The van der Waals surface area contributed by atoms with Crippen molar-refractivity contribution < 1.29 is 13.9 Å². The molecule has 0 saturated carbocycles. The van der Waals surface area contributed by atoms with Crippen LogP contribution in [-0.4, -0.2) is 30.6 Å². The maximum absolute atomic E-state index is 12.8. The van der Waals surface area contributed by atoms with Gasteiger partial charge in [0.05, 0.1) is 18.9 Å². The van der Waals surface area contributed by atoms with Crippen LogP contribution >= 0.6 is 0 Å². The lowest BCUT2D eigenvalue weighted by atomic mass is 10.0. The number of carbonyl (C=O) groups excluding carboxylic acids is 1. The molecule has 4 nitrogen and oxygen atoms in total. The molecule has 0 aliphatic carbocycles. The summed E-state index contributed by atoms with van der Waals surface area (Å²) in [5.74, 6) is 0.722. The van der Waals surface area contributed by atoms with Gasteiger partial charge in [0.1, 0.15) is 0 Å². The van der Waals surface area contributed by atoms with Crippen molar-refractivity contribution in [2.45, 2.75) is 19.4 Å². The van der Waals surface area contributed by atoms with Crippen LogP contribution in [0, 0.1) is 5.92 Å². The average Bonchev–Trinajstić information content (AvgIpc) is 3.25. The fourth-order valence-electron chi connectivity index (χ4n) is 2.88. The average molecular weight is 299 g/mol. The van der Waals surface area contributed by atoms with Gasteiger partial charge in [-0.1, -0.05) is 30.3 Å². The molecule has 0 bridgehead atoms. The second-order valence-corrected chi connectivity index (χ2v) is 5.75. The van der Waals surface area contributed by atoms with Gasteiger partial charge in [0, 0.05) is 19.1 Å². The van der Waals surface area contributed by atoms with E-state index >= 15 is 0 Å². The van der Waals surface area contributed by atoms with Crippen molar-refractivity contribution in [3.05, 3.63) is 60.1 Å². The Labute approximate surface area is 130 Å². The first-order chi connectivity index (χ1) is 10.8. The highest BCUT2D eigenvalue weighted by Crippen LogP contribution is 2.25. The van der Waals surface area contributed by atoms with Gasteiger partial charge in [0.25, 0.3) is 5.91 Å². The van der Waals surface area contributed by atoms with E-state index in [-0.39, 0.29) is 11.9 Å². The number of hydrogen-bond donors (Lipinski definition) is 0. The molecule has 1 aromatic heterocycles. The van der Waals surface area contributed by atoms with E-state index in [0.717, 1.165) is 25.2 Å². The quantitative estimate of drug-likeness (QED) is 0.848. The summed E-state index contributed by atoms with van der Waals surface area (Å²) < 4.78 is 10.8. The summed E-state index contributed by atoms with van der Waals surface area (Å²) in [4.78, 5) is 14.7. The highest BCUT2D eigenvalue weighted by Gasteiger charge is 2.28. The normalized spacial score (nSPS) is 19.0. The van der Waals surface area contributed by atoms with Crippen LogP contribution in [0.1, 0.15) is 35.5 Å². The van der Waals surface area contributed by atoms with Crippen molar-refractivity contribution in [3.63, 3.8) is 0 Å². The maximum atomic E-state index is 12.8. The Balaban J connectivity index is 1.83. The number of benzene rings is 1. The molecular weight excluding hydrogens is 278 g/mol. The number of nitrogens with zero attached hydrogens (tertiary/aromatic N) is 1.